The standard InChI is InChI=1S/C28H26Cl2N2O3.C2H6/c1-18(2)19-4-11-25-24(12-19)26(33)32(14-23-10-9-22(30)13-31-23)28(25,20-5-7-21(29)8-6-20)35-17-27(3)15-34-16-27;1-2/h4-13H,1,14-17H2,2-3H3;1-2H3. The number of carbonyl (C=O) groups excluding carboxylic acids is 1. The molecule has 1 aromatic heterocycles. The fourth-order valence-corrected chi connectivity index (χ4v) is 4.84. The molecule has 5 nitrogen and oxygen atoms in total. The summed E-state index contributed by atoms with van der Waals surface area (Å²) in [6.07, 6.45) is 1.58. The first-order valence-electron chi connectivity index (χ1n) is 12.4. The summed E-state index contributed by atoms with van der Waals surface area (Å²) in [5.74, 6) is -0.134. The predicted octanol–water partition coefficient (Wildman–Crippen LogP) is 7.36. The Bertz CT molecular complexity index is 1290. The van der Waals surface area contributed by atoms with E-state index in [1.807, 2.05) is 69.3 Å². The molecule has 3 heterocycles. The number of halogens is 2. The summed E-state index contributed by atoms with van der Waals surface area (Å²) in [5.41, 5.74) is 3.39. The molecule has 1 unspecified atom stereocenters. The molecule has 0 N–H and O–H groups in total. The van der Waals surface area contributed by atoms with Gasteiger partial charge in [-0.15, -0.1) is 0 Å². The molecular weight excluding hydrogens is 507 g/mol. The van der Waals surface area contributed by atoms with Crippen molar-refractivity contribution in [3.63, 3.8) is 0 Å². The number of aromatic nitrogens is 1. The predicted molar refractivity (Wildman–Crippen MR) is 149 cm³/mol. The van der Waals surface area contributed by atoms with Crippen molar-refractivity contribution >= 4 is 34.7 Å². The average Bonchev–Trinajstić information content (AvgIpc) is 3.12. The number of ether oxygens (including phenoxy) is 2. The number of hydrogen-bond acceptors (Lipinski definition) is 4. The highest BCUT2D eigenvalue weighted by atomic mass is 35.5. The smallest absolute Gasteiger partial charge is 0.257 e. The third-order valence-electron chi connectivity index (χ3n) is 6.61. The summed E-state index contributed by atoms with van der Waals surface area (Å²) in [4.78, 5) is 20.2. The third kappa shape index (κ3) is 5.19. The molecular formula is C30H32Cl2N2O3. The molecule has 0 aliphatic carbocycles. The van der Waals surface area contributed by atoms with Crippen LogP contribution in [-0.4, -0.2) is 35.6 Å². The van der Waals surface area contributed by atoms with E-state index in [0.29, 0.717) is 41.1 Å². The van der Waals surface area contributed by atoms with Crippen molar-refractivity contribution in [2.75, 3.05) is 19.8 Å². The van der Waals surface area contributed by atoms with Gasteiger partial charge in [-0.05, 0) is 42.8 Å². The molecule has 0 saturated carbocycles. The maximum absolute atomic E-state index is 14.0. The number of hydrogen-bond donors (Lipinski definition) is 0. The average molecular weight is 540 g/mol. The van der Waals surface area contributed by atoms with Crippen LogP contribution in [0.4, 0.5) is 0 Å². The molecule has 2 aliphatic heterocycles. The minimum absolute atomic E-state index is 0.132. The number of carbonyl (C=O) groups is 1. The van der Waals surface area contributed by atoms with Crippen LogP contribution in [0.5, 0.6) is 0 Å². The Morgan fingerprint density at radius 3 is 2.32 bits per heavy atom. The van der Waals surface area contributed by atoms with Gasteiger partial charge in [0.2, 0.25) is 0 Å². The van der Waals surface area contributed by atoms with E-state index in [0.717, 1.165) is 22.3 Å². The first-order chi connectivity index (χ1) is 17.7. The number of rotatable bonds is 7. The van der Waals surface area contributed by atoms with Gasteiger partial charge < -0.3 is 9.47 Å². The summed E-state index contributed by atoms with van der Waals surface area (Å²) >= 11 is 12.3. The van der Waals surface area contributed by atoms with Crippen molar-refractivity contribution < 1.29 is 14.3 Å². The van der Waals surface area contributed by atoms with E-state index in [1.165, 1.54) is 0 Å². The summed E-state index contributed by atoms with van der Waals surface area (Å²) in [6.45, 7) is 14.0. The van der Waals surface area contributed by atoms with Crippen LogP contribution < -0.4 is 0 Å². The van der Waals surface area contributed by atoms with Crippen LogP contribution in [0.25, 0.3) is 5.57 Å². The molecule has 1 fully saturated rings. The molecule has 2 aromatic carbocycles. The molecule has 1 saturated heterocycles. The fourth-order valence-electron chi connectivity index (χ4n) is 4.60. The van der Waals surface area contributed by atoms with Crippen LogP contribution in [0.1, 0.15) is 60.4 Å². The summed E-state index contributed by atoms with van der Waals surface area (Å²) in [6, 6.07) is 16.9. The lowest BCUT2D eigenvalue weighted by Gasteiger charge is -2.44. The second-order valence-electron chi connectivity index (χ2n) is 9.64. The van der Waals surface area contributed by atoms with Crippen molar-refractivity contribution in [1.82, 2.24) is 9.88 Å². The lowest BCUT2D eigenvalue weighted by Crippen LogP contribution is -2.51. The maximum atomic E-state index is 14.0. The van der Waals surface area contributed by atoms with Crippen LogP contribution >= 0.6 is 23.2 Å². The summed E-state index contributed by atoms with van der Waals surface area (Å²) < 4.78 is 12.3. The van der Waals surface area contributed by atoms with Crippen molar-refractivity contribution in [1.29, 1.82) is 0 Å². The Balaban J connectivity index is 0.00000156. The molecule has 1 atom stereocenters. The fraction of sp³-hybridized carbons (Fsp3) is 0.333. The molecule has 194 valence electrons. The number of allylic oxidation sites excluding steroid dienone is 1. The van der Waals surface area contributed by atoms with Crippen LogP contribution in [-0.2, 0) is 21.7 Å². The van der Waals surface area contributed by atoms with Gasteiger partial charge in [-0.1, -0.05) is 80.4 Å². The van der Waals surface area contributed by atoms with Gasteiger partial charge >= 0.3 is 0 Å². The molecule has 7 heteroatoms. The highest BCUT2D eigenvalue weighted by Crippen LogP contribution is 2.48. The van der Waals surface area contributed by atoms with Gasteiger partial charge in [0.25, 0.3) is 5.91 Å². The Kier molecular flexibility index (Phi) is 8.10. The zero-order chi connectivity index (χ0) is 26.8. The lowest BCUT2D eigenvalue weighted by molar-refractivity contribution is -0.192. The number of benzene rings is 2. The van der Waals surface area contributed by atoms with E-state index in [1.54, 1.807) is 17.2 Å². The second kappa shape index (κ2) is 11.0. The Labute approximate surface area is 229 Å². The first kappa shape index (κ1) is 27.3. The second-order valence-corrected chi connectivity index (χ2v) is 10.5. The van der Waals surface area contributed by atoms with Crippen LogP contribution in [0.2, 0.25) is 10.0 Å². The quantitative estimate of drug-likeness (QED) is 0.315. The van der Waals surface area contributed by atoms with Gasteiger partial charge in [-0.3, -0.25) is 14.7 Å². The third-order valence-corrected chi connectivity index (χ3v) is 7.08. The van der Waals surface area contributed by atoms with Crippen molar-refractivity contribution in [3.05, 3.63) is 105 Å². The summed E-state index contributed by atoms with van der Waals surface area (Å²) in [5, 5.41) is 1.14. The monoisotopic (exact) mass is 538 g/mol. The molecule has 0 spiro atoms. The highest BCUT2D eigenvalue weighted by Gasteiger charge is 2.53. The number of nitrogens with zero attached hydrogens (tertiary/aromatic N) is 2. The molecule has 37 heavy (non-hydrogen) atoms. The zero-order valence-corrected chi connectivity index (χ0v) is 23.2. The minimum atomic E-state index is -1.16. The molecule has 0 radical (unpaired) electrons. The molecule has 0 bridgehead atoms. The number of amides is 1. The minimum Gasteiger partial charge on any atom is -0.380 e. The van der Waals surface area contributed by atoms with Gasteiger partial charge in [0, 0.05) is 33.3 Å². The molecule has 2 aliphatic rings. The van der Waals surface area contributed by atoms with Crippen LogP contribution in [0.15, 0.2) is 67.4 Å². The van der Waals surface area contributed by atoms with Gasteiger partial charge in [-0.2, -0.15) is 0 Å². The van der Waals surface area contributed by atoms with Gasteiger partial charge in [0.05, 0.1) is 37.1 Å². The van der Waals surface area contributed by atoms with Gasteiger partial charge in [0.1, 0.15) is 0 Å². The van der Waals surface area contributed by atoms with Crippen molar-refractivity contribution in [2.24, 2.45) is 5.41 Å². The Morgan fingerprint density at radius 2 is 1.76 bits per heavy atom. The van der Waals surface area contributed by atoms with Gasteiger partial charge in [0.15, 0.2) is 5.72 Å². The van der Waals surface area contributed by atoms with E-state index >= 15 is 0 Å². The summed E-state index contributed by atoms with van der Waals surface area (Å²) in [7, 11) is 0. The highest BCUT2D eigenvalue weighted by molar-refractivity contribution is 6.30. The van der Waals surface area contributed by atoms with E-state index in [2.05, 4.69) is 18.5 Å². The van der Waals surface area contributed by atoms with E-state index in [-0.39, 0.29) is 17.9 Å². The number of pyridine rings is 1. The Morgan fingerprint density at radius 1 is 1.08 bits per heavy atom. The van der Waals surface area contributed by atoms with E-state index < -0.39 is 5.72 Å². The van der Waals surface area contributed by atoms with Gasteiger partial charge in [-0.25, -0.2) is 0 Å². The zero-order valence-electron chi connectivity index (χ0n) is 21.7. The molecule has 1 amide bonds. The van der Waals surface area contributed by atoms with E-state index in [4.69, 9.17) is 32.7 Å². The van der Waals surface area contributed by atoms with Crippen molar-refractivity contribution in [3.8, 4) is 0 Å². The normalized spacial score (nSPS) is 19.5. The van der Waals surface area contributed by atoms with Crippen LogP contribution in [0.3, 0.4) is 0 Å². The van der Waals surface area contributed by atoms with E-state index in [9.17, 15) is 4.79 Å². The topological polar surface area (TPSA) is 51.7 Å². The molecule has 5 rings (SSSR count). The largest absolute Gasteiger partial charge is 0.380 e. The SMILES string of the molecule is C=C(C)c1ccc2c(c1)C(=O)N(Cc1ccc(Cl)cn1)C2(OCC1(C)COC1)c1ccc(Cl)cc1.CC. The Hall–Kier alpha value is -2.70. The van der Waals surface area contributed by atoms with Crippen LogP contribution in [0, 0.1) is 5.41 Å². The maximum Gasteiger partial charge on any atom is 0.257 e. The molecule has 3 aromatic rings. The lowest BCUT2D eigenvalue weighted by atomic mass is 9.88. The van der Waals surface area contributed by atoms with Crippen molar-refractivity contribution in [2.45, 2.75) is 40.0 Å². The number of fused-ring (bicyclic) bond motifs is 1. The first-order valence-corrected chi connectivity index (χ1v) is 13.2.